The zero-order valence-corrected chi connectivity index (χ0v) is 13.4. The lowest BCUT2D eigenvalue weighted by atomic mass is 10.0. The monoisotopic (exact) mass is 315 g/mol. The summed E-state index contributed by atoms with van der Waals surface area (Å²) in [6, 6.07) is 0. The lowest BCUT2D eigenvalue weighted by Gasteiger charge is -2.25. The molecule has 118 valence electrons. The van der Waals surface area contributed by atoms with Crippen molar-refractivity contribution in [3.8, 4) is 0 Å². The molecular formula is C14H21NO5S. The third-order valence-electron chi connectivity index (χ3n) is 3.58. The molecule has 1 aromatic heterocycles. The first-order chi connectivity index (χ1) is 9.77. The molecule has 4 atom stereocenters. The van der Waals surface area contributed by atoms with Crippen LogP contribution in [0.3, 0.4) is 0 Å². The maximum absolute atomic E-state index is 10.5. The van der Waals surface area contributed by atoms with Crippen molar-refractivity contribution < 1.29 is 24.1 Å². The molecule has 1 aromatic rings. The summed E-state index contributed by atoms with van der Waals surface area (Å²) in [7, 11) is 0. The molecule has 0 aromatic carbocycles. The topological polar surface area (TPSA) is 70.0 Å². The van der Waals surface area contributed by atoms with E-state index < -0.39 is 29.9 Å². The van der Waals surface area contributed by atoms with Crippen LogP contribution >= 0.6 is 11.3 Å². The summed E-state index contributed by atoms with van der Waals surface area (Å²) in [4.78, 5) is 4.16. The number of rotatable bonds is 3. The second-order valence-corrected chi connectivity index (χ2v) is 7.17. The van der Waals surface area contributed by atoms with Gasteiger partial charge in [-0.3, -0.25) is 0 Å². The number of thiazole rings is 1. The molecule has 7 heteroatoms. The van der Waals surface area contributed by atoms with E-state index in [0.717, 1.165) is 0 Å². The smallest absolute Gasteiger partial charge is 0.164 e. The Labute approximate surface area is 128 Å². The Hall–Kier alpha value is -0.570. The van der Waals surface area contributed by atoms with Gasteiger partial charge in [-0.15, -0.1) is 11.3 Å². The second kappa shape index (κ2) is 5.26. The van der Waals surface area contributed by atoms with Gasteiger partial charge in [0, 0.05) is 11.6 Å². The third-order valence-corrected chi connectivity index (χ3v) is 4.42. The van der Waals surface area contributed by atoms with E-state index in [9.17, 15) is 5.11 Å². The minimum atomic E-state index is -0.843. The van der Waals surface area contributed by atoms with E-state index in [-0.39, 0.29) is 6.10 Å². The van der Waals surface area contributed by atoms with E-state index in [1.165, 1.54) is 11.3 Å². The molecule has 0 amide bonds. The second-order valence-electron chi connectivity index (χ2n) is 6.25. The zero-order valence-electron chi connectivity index (χ0n) is 12.6. The highest BCUT2D eigenvalue weighted by Gasteiger charge is 2.52. The van der Waals surface area contributed by atoms with E-state index >= 15 is 0 Å². The Bertz CT molecular complexity index is 490. The van der Waals surface area contributed by atoms with Crippen molar-refractivity contribution in [2.24, 2.45) is 0 Å². The first kappa shape index (κ1) is 15.3. The SMILES string of the molecule is CC1(C)O[C@H]([C@@H]2COC(C)(C)O2)[C@@H]([C@@H](O)c2nccs2)O1. The number of hydrogen-bond donors (Lipinski definition) is 1. The minimum absolute atomic E-state index is 0.276. The fourth-order valence-electron chi connectivity index (χ4n) is 2.75. The summed E-state index contributed by atoms with van der Waals surface area (Å²) in [5.41, 5.74) is 0. The van der Waals surface area contributed by atoms with Crippen molar-refractivity contribution in [3.63, 3.8) is 0 Å². The number of aromatic nitrogens is 1. The van der Waals surface area contributed by atoms with Crippen molar-refractivity contribution in [2.75, 3.05) is 6.61 Å². The van der Waals surface area contributed by atoms with Crippen LogP contribution in [0.4, 0.5) is 0 Å². The molecule has 2 aliphatic heterocycles. The highest BCUT2D eigenvalue weighted by molar-refractivity contribution is 7.09. The van der Waals surface area contributed by atoms with E-state index in [4.69, 9.17) is 18.9 Å². The third kappa shape index (κ3) is 3.13. The molecule has 2 fully saturated rings. The molecule has 0 radical (unpaired) electrons. The number of aliphatic hydroxyl groups excluding tert-OH is 1. The molecule has 2 aliphatic rings. The summed E-state index contributed by atoms with van der Waals surface area (Å²) >= 11 is 1.39. The van der Waals surface area contributed by atoms with Gasteiger partial charge in [0.2, 0.25) is 0 Å². The molecular weight excluding hydrogens is 294 g/mol. The summed E-state index contributed by atoms with van der Waals surface area (Å²) < 4.78 is 23.3. The quantitative estimate of drug-likeness (QED) is 0.918. The van der Waals surface area contributed by atoms with Gasteiger partial charge < -0.3 is 24.1 Å². The molecule has 2 saturated heterocycles. The van der Waals surface area contributed by atoms with Crippen LogP contribution in [0.25, 0.3) is 0 Å². The molecule has 0 bridgehead atoms. The van der Waals surface area contributed by atoms with Gasteiger partial charge in [0.15, 0.2) is 11.6 Å². The largest absolute Gasteiger partial charge is 0.383 e. The van der Waals surface area contributed by atoms with Crippen LogP contribution in [0, 0.1) is 0 Å². The summed E-state index contributed by atoms with van der Waals surface area (Å²) in [5, 5.41) is 13.0. The van der Waals surface area contributed by atoms with E-state index in [1.54, 1.807) is 6.20 Å². The Morgan fingerprint density at radius 3 is 2.57 bits per heavy atom. The van der Waals surface area contributed by atoms with Crippen LogP contribution < -0.4 is 0 Å². The van der Waals surface area contributed by atoms with Crippen LogP contribution in [0.2, 0.25) is 0 Å². The van der Waals surface area contributed by atoms with Crippen LogP contribution in [0.1, 0.15) is 38.8 Å². The first-order valence-electron chi connectivity index (χ1n) is 7.02. The normalized spacial score (nSPS) is 36.0. The Balaban J connectivity index is 1.80. The molecule has 0 saturated carbocycles. The lowest BCUT2D eigenvalue weighted by Crippen LogP contribution is -2.41. The van der Waals surface area contributed by atoms with Crippen molar-refractivity contribution >= 4 is 11.3 Å². The Morgan fingerprint density at radius 1 is 1.24 bits per heavy atom. The maximum atomic E-state index is 10.5. The predicted octanol–water partition coefficient (Wildman–Crippen LogP) is 1.85. The summed E-state index contributed by atoms with van der Waals surface area (Å²) in [5.74, 6) is -1.42. The average Bonchev–Trinajstić information content (AvgIpc) is 3.06. The van der Waals surface area contributed by atoms with Gasteiger partial charge in [-0.25, -0.2) is 4.98 Å². The van der Waals surface area contributed by atoms with Crippen LogP contribution in [-0.2, 0) is 18.9 Å². The van der Waals surface area contributed by atoms with Crippen LogP contribution in [-0.4, -0.2) is 46.6 Å². The van der Waals surface area contributed by atoms with Crippen molar-refractivity contribution in [1.29, 1.82) is 0 Å². The standard InChI is InChI=1S/C14H21NO5S/c1-13(2)17-7-8(18-13)10-11(20-14(3,4)19-10)9(16)12-15-5-6-21-12/h5-6,8-11,16H,7H2,1-4H3/t8-,9+,10+,11+/m0/s1. The Kier molecular flexibility index (Phi) is 3.84. The van der Waals surface area contributed by atoms with Gasteiger partial charge >= 0.3 is 0 Å². The number of ether oxygens (including phenoxy) is 4. The summed E-state index contributed by atoms with van der Waals surface area (Å²) in [6.45, 7) is 7.80. The number of hydrogen-bond acceptors (Lipinski definition) is 7. The first-order valence-corrected chi connectivity index (χ1v) is 7.90. The highest BCUT2D eigenvalue weighted by atomic mass is 32.1. The lowest BCUT2D eigenvalue weighted by molar-refractivity contribution is -0.175. The maximum Gasteiger partial charge on any atom is 0.164 e. The molecule has 3 rings (SSSR count). The van der Waals surface area contributed by atoms with E-state index in [1.807, 2.05) is 33.1 Å². The van der Waals surface area contributed by atoms with Crippen molar-refractivity contribution in [2.45, 2.75) is 63.7 Å². The van der Waals surface area contributed by atoms with Gasteiger partial charge in [0.25, 0.3) is 0 Å². The molecule has 21 heavy (non-hydrogen) atoms. The van der Waals surface area contributed by atoms with Crippen LogP contribution in [0.5, 0.6) is 0 Å². The molecule has 1 N–H and O–H groups in total. The van der Waals surface area contributed by atoms with Crippen LogP contribution in [0.15, 0.2) is 11.6 Å². The average molecular weight is 315 g/mol. The van der Waals surface area contributed by atoms with Gasteiger partial charge in [0.1, 0.15) is 29.4 Å². The van der Waals surface area contributed by atoms with Crippen molar-refractivity contribution in [1.82, 2.24) is 4.98 Å². The molecule has 0 spiro atoms. The Morgan fingerprint density at radius 2 is 2.00 bits per heavy atom. The molecule has 0 unspecified atom stereocenters. The van der Waals surface area contributed by atoms with E-state index in [2.05, 4.69) is 4.98 Å². The van der Waals surface area contributed by atoms with Gasteiger partial charge in [-0.05, 0) is 27.7 Å². The highest BCUT2D eigenvalue weighted by Crippen LogP contribution is 2.40. The van der Waals surface area contributed by atoms with Crippen molar-refractivity contribution in [3.05, 3.63) is 16.6 Å². The fraction of sp³-hybridized carbons (Fsp3) is 0.786. The molecule has 0 aliphatic carbocycles. The number of nitrogens with zero attached hydrogens (tertiary/aromatic N) is 1. The predicted molar refractivity (Wildman–Crippen MR) is 75.8 cm³/mol. The number of aliphatic hydroxyl groups is 1. The summed E-state index contributed by atoms with van der Waals surface area (Å²) in [6.07, 6.45) is -0.392. The van der Waals surface area contributed by atoms with Gasteiger partial charge in [-0.2, -0.15) is 0 Å². The van der Waals surface area contributed by atoms with Gasteiger partial charge in [-0.1, -0.05) is 0 Å². The molecule has 3 heterocycles. The fourth-order valence-corrected chi connectivity index (χ4v) is 3.40. The minimum Gasteiger partial charge on any atom is -0.383 e. The van der Waals surface area contributed by atoms with E-state index in [0.29, 0.717) is 11.6 Å². The van der Waals surface area contributed by atoms with Gasteiger partial charge in [0.05, 0.1) is 6.61 Å². The molecule has 6 nitrogen and oxygen atoms in total. The zero-order chi connectivity index (χ0) is 15.3.